The Morgan fingerprint density at radius 2 is 1.37 bits per heavy atom. The third kappa shape index (κ3) is 6.76. The van der Waals surface area contributed by atoms with E-state index in [-0.39, 0.29) is 0 Å². The lowest BCUT2D eigenvalue weighted by molar-refractivity contribution is -0.159. The average Bonchev–Trinajstić information content (AvgIpc) is 3.28. The SMILES string of the molecule is O=c1ccn([C@@H]2O[C@H](CO)C(F)[C@@H]2O)c(=O)[nH]1.O=c1ccn([C@@H]2O[C@H](OCP(=O)(O)O)C(F)[C@@H]2O)c(=O)[nH]1. The van der Waals surface area contributed by atoms with Crippen LogP contribution in [0.2, 0.25) is 0 Å². The zero-order chi connectivity index (χ0) is 28.4. The van der Waals surface area contributed by atoms with Crippen LogP contribution in [-0.4, -0.2) is 94.1 Å². The number of aromatic amines is 2. The number of halogens is 2. The summed E-state index contributed by atoms with van der Waals surface area (Å²) in [6, 6.07) is 2.02. The molecule has 2 aliphatic heterocycles. The van der Waals surface area contributed by atoms with E-state index in [1.54, 1.807) is 0 Å². The summed E-state index contributed by atoms with van der Waals surface area (Å²) in [5, 5.41) is 28.0. The van der Waals surface area contributed by atoms with Gasteiger partial charge in [-0.25, -0.2) is 18.4 Å². The molecule has 212 valence electrons. The van der Waals surface area contributed by atoms with Crippen molar-refractivity contribution in [3.63, 3.8) is 0 Å². The van der Waals surface area contributed by atoms with E-state index in [4.69, 9.17) is 24.4 Å². The molecule has 0 amide bonds. The molecule has 8 atom stereocenters. The Balaban J connectivity index is 0.000000215. The van der Waals surface area contributed by atoms with E-state index >= 15 is 0 Å². The molecule has 2 saturated heterocycles. The molecule has 0 spiro atoms. The van der Waals surface area contributed by atoms with Crippen LogP contribution in [0.15, 0.2) is 43.7 Å². The third-order valence-corrected chi connectivity index (χ3v) is 5.76. The molecule has 2 fully saturated rings. The topological polar surface area (TPSA) is 256 Å². The maximum absolute atomic E-state index is 13.8. The number of aliphatic hydroxyl groups excluding tert-OH is 3. The molecule has 4 rings (SSSR count). The van der Waals surface area contributed by atoms with Gasteiger partial charge in [0.1, 0.15) is 18.3 Å². The first kappa shape index (κ1) is 29.7. The summed E-state index contributed by atoms with van der Waals surface area (Å²) in [6.45, 7) is -0.604. The molecule has 2 aliphatic rings. The standard InChI is InChI=1S/C9H12FN2O8P.C9H11FN2O5/c10-5-6(14)7(12-2-1-4(13)11-9(12)15)20-8(5)19-3-21(16,17)18;10-6-4(3-13)17-8(7(6)15)12-2-1-5(14)11-9(12)16/h1-2,5-8,14H,3H2,(H,11,13,15)(H2,16,17,18);1-2,4,6-8,13,15H,3H2,(H,11,14,16)/t5?,6-,7+,8-;4-,6?,7+,8-/m01/s1. The lowest BCUT2D eigenvalue weighted by Crippen LogP contribution is -2.36. The molecule has 0 aliphatic carbocycles. The van der Waals surface area contributed by atoms with Crippen molar-refractivity contribution < 1.29 is 52.7 Å². The Hall–Kier alpha value is -2.87. The summed E-state index contributed by atoms with van der Waals surface area (Å²) in [4.78, 5) is 65.8. The number of nitrogens with zero attached hydrogens (tertiary/aromatic N) is 2. The average molecular weight is 572 g/mol. The maximum Gasteiger partial charge on any atom is 0.351 e. The van der Waals surface area contributed by atoms with Crippen LogP contribution in [0, 0.1) is 0 Å². The van der Waals surface area contributed by atoms with Crippen molar-refractivity contribution in [1.29, 1.82) is 0 Å². The molecule has 7 N–H and O–H groups in total. The Bertz CT molecular complexity index is 1390. The second kappa shape index (κ2) is 11.9. The molecule has 38 heavy (non-hydrogen) atoms. The summed E-state index contributed by atoms with van der Waals surface area (Å²) in [5.74, 6) is 0. The summed E-state index contributed by atoms with van der Waals surface area (Å²) >= 11 is 0. The van der Waals surface area contributed by atoms with Crippen molar-refractivity contribution >= 4 is 7.60 Å². The lowest BCUT2D eigenvalue weighted by Gasteiger charge is -2.16. The van der Waals surface area contributed by atoms with E-state index in [0.29, 0.717) is 0 Å². The summed E-state index contributed by atoms with van der Waals surface area (Å²) in [6.07, 6.45) is -12.0. The minimum absolute atomic E-state index is 0.603. The zero-order valence-electron chi connectivity index (χ0n) is 18.9. The number of aromatic nitrogens is 4. The van der Waals surface area contributed by atoms with Crippen molar-refractivity contribution in [3.05, 3.63) is 66.2 Å². The number of aliphatic hydroxyl groups is 3. The number of rotatable bonds is 6. The van der Waals surface area contributed by atoms with Gasteiger partial charge in [-0.1, -0.05) is 0 Å². The smallest absolute Gasteiger partial charge is 0.351 e. The predicted octanol–water partition coefficient (Wildman–Crippen LogP) is -3.63. The van der Waals surface area contributed by atoms with Gasteiger partial charge in [0.2, 0.25) is 0 Å². The Kier molecular flexibility index (Phi) is 9.29. The van der Waals surface area contributed by atoms with E-state index in [1.807, 2.05) is 9.97 Å². The first-order valence-corrected chi connectivity index (χ1v) is 12.4. The number of hydrogen-bond donors (Lipinski definition) is 7. The normalized spacial score (nSPS) is 31.1. The van der Waals surface area contributed by atoms with Crippen LogP contribution in [0.3, 0.4) is 0 Å². The molecule has 0 saturated carbocycles. The maximum atomic E-state index is 13.8. The number of alkyl halides is 2. The van der Waals surface area contributed by atoms with Gasteiger partial charge < -0.3 is 39.3 Å². The summed E-state index contributed by atoms with van der Waals surface area (Å²) in [7, 11) is -4.54. The number of H-pyrrole nitrogens is 2. The number of ether oxygens (including phenoxy) is 3. The minimum Gasteiger partial charge on any atom is -0.394 e. The lowest BCUT2D eigenvalue weighted by atomic mass is 10.1. The van der Waals surface area contributed by atoms with E-state index in [0.717, 1.165) is 33.7 Å². The fourth-order valence-electron chi connectivity index (χ4n) is 3.48. The highest BCUT2D eigenvalue weighted by Crippen LogP contribution is 2.38. The minimum atomic E-state index is -4.54. The Morgan fingerprint density at radius 1 is 0.895 bits per heavy atom. The van der Waals surface area contributed by atoms with Crippen molar-refractivity contribution in [2.45, 2.75) is 49.4 Å². The first-order valence-electron chi connectivity index (χ1n) is 10.6. The fraction of sp³-hybridized carbons (Fsp3) is 0.556. The van der Waals surface area contributed by atoms with Crippen LogP contribution in [0.5, 0.6) is 0 Å². The molecule has 2 unspecified atom stereocenters. The van der Waals surface area contributed by atoms with Crippen LogP contribution in [0.25, 0.3) is 0 Å². The van der Waals surface area contributed by atoms with Crippen LogP contribution in [0.1, 0.15) is 12.5 Å². The van der Waals surface area contributed by atoms with Crippen molar-refractivity contribution in [1.82, 2.24) is 19.1 Å². The van der Waals surface area contributed by atoms with Gasteiger partial charge in [0.15, 0.2) is 37.4 Å². The van der Waals surface area contributed by atoms with Gasteiger partial charge >= 0.3 is 19.0 Å². The highest BCUT2D eigenvalue weighted by molar-refractivity contribution is 7.51. The van der Waals surface area contributed by atoms with Crippen LogP contribution in [0.4, 0.5) is 8.78 Å². The van der Waals surface area contributed by atoms with Crippen molar-refractivity contribution in [3.8, 4) is 0 Å². The zero-order valence-corrected chi connectivity index (χ0v) is 19.8. The van der Waals surface area contributed by atoms with Gasteiger partial charge in [0, 0.05) is 24.5 Å². The van der Waals surface area contributed by atoms with Crippen molar-refractivity contribution in [2.24, 2.45) is 0 Å². The predicted molar refractivity (Wildman–Crippen MR) is 117 cm³/mol. The quantitative estimate of drug-likeness (QED) is 0.165. The molecular formula is C18H23F2N4O13P. The molecule has 20 heteroatoms. The van der Waals surface area contributed by atoms with Gasteiger partial charge in [0.05, 0.1) is 6.61 Å². The van der Waals surface area contributed by atoms with Crippen molar-refractivity contribution in [2.75, 3.05) is 13.0 Å². The second-order valence-corrected chi connectivity index (χ2v) is 9.60. The van der Waals surface area contributed by atoms with E-state index in [9.17, 15) is 42.7 Å². The van der Waals surface area contributed by atoms with Gasteiger partial charge in [-0.3, -0.25) is 33.3 Å². The molecule has 0 radical (unpaired) electrons. The van der Waals surface area contributed by atoms with Crippen LogP contribution >= 0.6 is 7.60 Å². The molecule has 2 aromatic rings. The summed E-state index contributed by atoms with van der Waals surface area (Å²) in [5.41, 5.74) is -3.04. The third-order valence-electron chi connectivity index (χ3n) is 5.28. The Labute approximate surface area is 208 Å². The monoisotopic (exact) mass is 572 g/mol. The number of nitrogens with one attached hydrogen (secondary N) is 2. The summed E-state index contributed by atoms with van der Waals surface area (Å²) < 4.78 is 53.9. The van der Waals surface area contributed by atoms with Crippen LogP contribution in [-0.2, 0) is 18.8 Å². The van der Waals surface area contributed by atoms with Gasteiger partial charge in [-0.15, -0.1) is 0 Å². The fourth-order valence-corrected chi connectivity index (χ4v) is 3.83. The van der Waals surface area contributed by atoms with Crippen LogP contribution < -0.4 is 22.5 Å². The second-order valence-electron chi connectivity index (χ2n) is 8.01. The Morgan fingerprint density at radius 3 is 1.79 bits per heavy atom. The van der Waals surface area contributed by atoms with Gasteiger partial charge in [-0.05, 0) is 0 Å². The molecule has 0 bridgehead atoms. The highest BCUT2D eigenvalue weighted by atomic mass is 31.2. The largest absolute Gasteiger partial charge is 0.394 e. The van der Waals surface area contributed by atoms with E-state index < -0.39 is 92.4 Å². The molecule has 0 aromatic carbocycles. The van der Waals surface area contributed by atoms with Gasteiger partial charge in [-0.2, -0.15) is 0 Å². The molecular weight excluding hydrogens is 549 g/mol. The first-order chi connectivity index (χ1) is 17.7. The van der Waals surface area contributed by atoms with Gasteiger partial charge in [0.25, 0.3) is 11.1 Å². The molecule has 17 nitrogen and oxygen atoms in total. The van der Waals surface area contributed by atoms with E-state index in [2.05, 4.69) is 4.74 Å². The molecule has 4 heterocycles. The molecule has 2 aromatic heterocycles. The highest BCUT2D eigenvalue weighted by Gasteiger charge is 2.47. The number of hydrogen-bond acceptors (Lipinski definition) is 11. The van der Waals surface area contributed by atoms with E-state index in [1.165, 1.54) is 0 Å².